The highest BCUT2D eigenvalue weighted by Gasteiger charge is 2.30. The van der Waals surface area contributed by atoms with E-state index in [1.54, 1.807) is 6.20 Å². The lowest BCUT2D eigenvalue weighted by atomic mass is 10.1. The quantitative estimate of drug-likeness (QED) is 0.914. The second-order valence-electron chi connectivity index (χ2n) is 4.55. The summed E-state index contributed by atoms with van der Waals surface area (Å²) in [4.78, 5) is 4.09. The molecule has 1 saturated heterocycles. The molecule has 0 aliphatic carbocycles. The molecule has 0 amide bonds. The Morgan fingerprint density at radius 3 is 2.94 bits per heavy atom. The van der Waals surface area contributed by atoms with Crippen LogP contribution >= 0.6 is 23.5 Å². The Bertz CT molecular complexity index is 347. The van der Waals surface area contributed by atoms with Gasteiger partial charge in [-0.15, -0.1) is 0 Å². The van der Waals surface area contributed by atoms with E-state index in [9.17, 15) is 5.11 Å². The lowest BCUT2D eigenvalue weighted by molar-refractivity contribution is 0.177. The molecule has 1 aromatic rings. The van der Waals surface area contributed by atoms with Crippen molar-refractivity contribution in [2.45, 2.75) is 42.1 Å². The zero-order valence-corrected chi connectivity index (χ0v) is 11.9. The van der Waals surface area contributed by atoms with Crippen LogP contribution in [-0.4, -0.2) is 37.7 Å². The van der Waals surface area contributed by atoms with Crippen molar-refractivity contribution in [3.05, 3.63) is 30.1 Å². The molecule has 94 valence electrons. The predicted molar refractivity (Wildman–Crippen MR) is 76.7 cm³/mol. The summed E-state index contributed by atoms with van der Waals surface area (Å²) in [5.41, 5.74) is 1.12. The van der Waals surface area contributed by atoms with Gasteiger partial charge in [0.2, 0.25) is 0 Å². The van der Waals surface area contributed by atoms with Crippen molar-refractivity contribution in [1.29, 1.82) is 0 Å². The van der Waals surface area contributed by atoms with Gasteiger partial charge < -0.3 is 5.11 Å². The van der Waals surface area contributed by atoms with Crippen molar-refractivity contribution in [2.24, 2.45) is 0 Å². The fourth-order valence-corrected chi connectivity index (χ4v) is 4.92. The fourth-order valence-electron chi connectivity index (χ4n) is 1.90. The third-order valence-electron chi connectivity index (χ3n) is 3.17. The van der Waals surface area contributed by atoms with Gasteiger partial charge in [-0.25, -0.2) is 0 Å². The SMILES string of the molecule is CC1SCC(C(O)Cc2cccnc2)SC1C. The lowest BCUT2D eigenvalue weighted by Crippen LogP contribution is -2.35. The summed E-state index contributed by atoms with van der Waals surface area (Å²) in [6.45, 7) is 4.53. The molecular formula is C13H19NOS2. The van der Waals surface area contributed by atoms with E-state index in [-0.39, 0.29) is 6.10 Å². The number of rotatable bonds is 3. The highest BCUT2D eigenvalue weighted by Crippen LogP contribution is 2.37. The minimum Gasteiger partial charge on any atom is -0.392 e. The number of aliphatic hydroxyl groups excluding tert-OH is 1. The van der Waals surface area contributed by atoms with Crippen LogP contribution in [0.2, 0.25) is 0 Å². The average Bonchev–Trinajstić information content (AvgIpc) is 2.34. The van der Waals surface area contributed by atoms with Crippen molar-refractivity contribution < 1.29 is 5.11 Å². The molecule has 1 N–H and O–H groups in total. The summed E-state index contributed by atoms with van der Waals surface area (Å²) in [6, 6.07) is 3.96. The molecule has 1 fully saturated rings. The van der Waals surface area contributed by atoms with Gasteiger partial charge in [-0.3, -0.25) is 4.98 Å². The van der Waals surface area contributed by atoms with Crippen molar-refractivity contribution >= 4 is 23.5 Å². The Hall–Kier alpha value is -0.190. The predicted octanol–water partition coefficient (Wildman–Crippen LogP) is 2.61. The zero-order valence-electron chi connectivity index (χ0n) is 10.2. The molecule has 0 aromatic carbocycles. The Labute approximate surface area is 112 Å². The van der Waals surface area contributed by atoms with Crippen molar-refractivity contribution in [3.63, 3.8) is 0 Å². The first-order chi connectivity index (χ1) is 8.16. The van der Waals surface area contributed by atoms with Gasteiger partial charge >= 0.3 is 0 Å². The molecule has 0 bridgehead atoms. The molecule has 4 atom stereocenters. The van der Waals surface area contributed by atoms with E-state index in [1.165, 1.54) is 0 Å². The highest BCUT2D eigenvalue weighted by atomic mass is 32.2. The van der Waals surface area contributed by atoms with Crippen LogP contribution in [0.3, 0.4) is 0 Å². The second kappa shape index (κ2) is 6.12. The Balaban J connectivity index is 1.90. The van der Waals surface area contributed by atoms with Crippen molar-refractivity contribution in [3.8, 4) is 0 Å². The maximum Gasteiger partial charge on any atom is 0.0707 e. The van der Waals surface area contributed by atoms with Gasteiger partial charge in [0, 0.05) is 40.3 Å². The smallest absolute Gasteiger partial charge is 0.0707 e. The van der Waals surface area contributed by atoms with E-state index in [2.05, 4.69) is 18.8 Å². The van der Waals surface area contributed by atoms with Crippen LogP contribution in [0.15, 0.2) is 24.5 Å². The zero-order chi connectivity index (χ0) is 12.3. The van der Waals surface area contributed by atoms with Crippen LogP contribution in [-0.2, 0) is 6.42 Å². The number of hydrogen-bond donors (Lipinski definition) is 1. The third-order valence-corrected chi connectivity index (χ3v) is 6.71. The Morgan fingerprint density at radius 2 is 2.29 bits per heavy atom. The third kappa shape index (κ3) is 3.63. The van der Waals surface area contributed by atoms with Crippen molar-refractivity contribution in [2.75, 3.05) is 5.75 Å². The molecule has 4 heteroatoms. The summed E-state index contributed by atoms with van der Waals surface area (Å²) >= 11 is 3.91. The average molecular weight is 269 g/mol. The molecule has 2 heterocycles. The summed E-state index contributed by atoms with van der Waals surface area (Å²) in [6.07, 6.45) is 4.07. The Kier molecular flexibility index (Phi) is 4.77. The van der Waals surface area contributed by atoms with Crippen LogP contribution in [0.4, 0.5) is 0 Å². The van der Waals surface area contributed by atoms with Gasteiger partial charge in [0.05, 0.1) is 6.10 Å². The molecule has 1 aliphatic heterocycles. The molecule has 1 aromatic heterocycles. The van der Waals surface area contributed by atoms with E-state index in [0.717, 1.165) is 11.3 Å². The van der Waals surface area contributed by atoms with Crippen LogP contribution < -0.4 is 0 Å². The van der Waals surface area contributed by atoms with Gasteiger partial charge in [0.1, 0.15) is 0 Å². The first kappa shape index (κ1) is 13.2. The van der Waals surface area contributed by atoms with Crippen LogP contribution in [0.1, 0.15) is 19.4 Å². The van der Waals surface area contributed by atoms with E-state index in [4.69, 9.17) is 0 Å². The molecule has 2 nitrogen and oxygen atoms in total. The fraction of sp³-hybridized carbons (Fsp3) is 0.615. The van der Waals surface area contributed by atoms with E-state index in [1.807, 2.05) is 41.9 Å². The van der Waals surface area contributed by atoms with E-state index >= 15 is 0 Å². The molecule has 0 radical (unpaired) electrons. The summed E-state index contributed by atoms with van der Waals surface area (Å²) in [7, 11) is 0. The molecule has 0 saturated carbocycles. The second-order valence-corrected chi connectivity index (χ2v) is 7.58. The van der Waals surface area contributed by atoms with Crippen molar-refractivity contribution in [1.82, 2.24) is 4.98 Å². The highest BCUT2D eigenvalue weighted by molar-refractivity contribution is 8.07. The number of thioether (sulfide) groups is 2. The minimum atomic E-state index is -0.258. The number of aliphatic hydroxyl groups is 1. The summed E-state index contributed by atoms with van der Waals surface area (Å²) in [5, 5.41) is 11.9. The molecule has 0 spiro atoms. The van der Waals surface area contributed by atoms with Crippen LogP contribution in [0.5, 0.6) is 0 Å². The van der Waals surface area contributed by atoms with Gasteiger partial charge in [-0.05, 0) is 11.6 Å². The minimum absolute atomic E-state index is 0.258. The first-order valence-corrected chi connectivity index (χ1v) is 8.00. The maximum absolute atomic E-state index is 10.3. The monoisotopic (exact) mass is 269 g/mol. The maximum atomic E-state index is 10.3. The summed E-state index contributed by atoms with van der Waals surface area (Å²) < 4.78 is 0. The first-order valence-electron chi connectivity index (χ1n) is 6.01. The number of aromatic nitrogens is 1. The van der Waals surface area contributed by atoms with Gasteiger partial charge in [-0.2, -0.15) is 23.5 Å². The number of nitrogens with zero attached hydrogens (tertiary/aromatic N) is 1. The normalized spacial score (nSPS) is 31.1. The van der Waals surface area contributed by atoms with E-state index < -0.39 is 0 Å². The largest absolute Gasteiger partial charge is 0.392 e. The number of hydrogen-bond acceptors (Lipinski definition) is 4. The standard InChI is InChI=1S/C13H19NOS2/c1-9-10(2)17-13(8-16-9)12(15)6-11-4-3-5-14-7-11/h3-5,7,9-10,12-13,15H,6,8H2,1-2H3. The van der Waals surface area contributed by atoms with Crippen LogP contribution in [0.25, 0.3) is 0 Å². The summed E-state index contributed by atoms with van der Waals surface area (Å²) in [5.74, 6) is 1.05. The van der Waals surface area contributed by atoms with E-state index in [0.29, 0.717) is 22.2 Å². The topological polar surface area (TPSA) is 33.1 Å². The van der Waals surface area contributed by atoms with Gasteiger partial charge in [0.15, 0.2) is 0 Å². The Morgan fingerprint density at radius 1 is 1.47 bits per heavy atom. The number of pyridine rings is 1. The van der Waals surface area contributed by atoms with Gasteiger partial charge in [-0.1, -0.05) is 19.9 Å². The van der Waals surface area contributed by atoms with Crippen LogP contribution in [0, 0.1) is 0 Å². The van der Waals surface area contributed by atoms with Gasteiger partial charge in [0.25, 0.3) is 0 Å². The molecule has 17 heavy (non-hydrogen) atoms. The molecular weight excluding hydrogens is 250 g/mol. The lowest BCUT2D eigenvalue weighted by Gasteiger charge is -2.33. The molecule has 1 aliphatic rings. The molecule has 2 rings (SSSR count). The molecule has 4 unspecified atom stereocenters.